The van der Waals surface area contributed by atoms with E-state index in [2.05, 4.69) is 30.2 Å². The lowest BCUT2D eigenvalue weighted by Crippen LogP contribution is -2.13. The lowest BCUT2D eigenvalue weighted by molar-refractivity contribution is 0.158. The van der Waals surface area contributed by atoms with E-state index in [1.807, 2.05) is 44.4 Å². The Balaban J connectivity index is 1.92. The number of aromatic nitrogens is 4. The van der Waals surface area contributed by atoms with Crippen LogP contribution in [0.2, 0.25) is 0 Å². The fourth-order valence-electron chi connectivity index (χ4n) is 2.53. The molecule has 126 valence electrons. The van der Waals surface area contributed by atoms with Crippen molar-refractivity contribution >= 4 is 22.8 Å². The van der Waals surface area contributed by atoms with Gasteiger partial charge in [-0.25, -0.2) is 4.98 Å². The van der Waals surface area contributed by atoms with E-state index >= 15 is 0 Å². The van der Waals surface area contributed by atoms with Crippen molar-refractivity contribution in [3.05, 3.63) is 42.4 Å². The van der Waals surface area contributed by atoms with Crippen molar-refractivity contribution in [1.29, 1.82) is 0 Å². The minimum atomic E-state index is 0.594. The molecule has 7 heteroatoms. The first kappa shape index (κ1) is 16.2. The van der Waals surface area contributed by atoms with Crippen molar-refractivity contribution in [2.24, 2.45) is 0 Å². The van der Waals surface area contributed by atoms with Crippen molar-refractivity contribution in [2.75, 3.05) is 37.4 Å². The van der Waals surface area contributed by atoms with Crippen LogP contribution in [-0.4, -0.2) is 46.3 Å². The fourth-order valence-corrected chi connectivity index (χ4v) is 2.53. The molecular formula is C17H22N6O. The molecular weight excluding hydrogens is 304 g/mol. The first-order valence-corrected chi connectivity index (χ1v) is 8.08. The molecule has 0 fully saturated rings. The topological polar surface area (TPSA) is 76.9 Å². The number of pyridine rings is 1. The molecule has 3 aromatic rings. The van der Waals surface area contributed by atoms with E-state index in [1.54, 1.807) is 6.20 Å². The average molecular weight is 326 g/mol. The lowest BCUT2D eigenvalue weighted by atomic mass is 10.3. The molecule has 0 saturated heterocycles. The molecule has 0 aliphatic rings. The van der Waals surface area contributed by atoms with Crippen LogP contribution in [0.25, 0.3) is 11.0 Å². The summed E-state index contributed by atoms with van der Waals surface area (Å²) in [5.74, 6) is 1.39. The Kier molecular flexibility index (Phi) is 5.22. The van der Waals surface area contributed by atoms with Gasteiger partial charge in [0.1, 0.15) is 5.52 Å². The van der Waals surface area contributed by atoms with Gasteiger partial charge in [-0.05, 0) is 25.1 Å². The van der Waals surface area contributed by atoms with E-state index < -0.39 is 0 Å². The van der Waals surface area contributed by atoms with Crippen LogP contribution in [0.5, 0.6) is 0 Å². The number of hydrogen-bond donors (Lipinski definition) is 2. The lowest BCUT2D eigenvalue weighted by Gasteiger charge is -2.12. The largest absolute Gasteiger partial charge is 0.380 e. The van der Waals surface area contributed by atoms with Crippen molar-refractivity contribution in [3.63, 3.8) is 0 Å². The van der Waals surface area contributed by atoms with Gasteiger partial charge in [0.2, 0.25) is 5.95 Å². The highest BCUT2D eigenvalue weighted by Gasteiger charge is 2.12. The number of nitrogens with zero attached hydrogens (tertiary/aromatic N) is 4. The molecule has 0 aliphatic heterocycles. The van der Waals surface area contributed by atoms with Crippen molar-refractivity contribution in [3.8, 4) is 0 Å². The molecule has 24 heavy (non-hydrogen) atoms. The zero-order valence-corrected chi connectivity index (χ0v) is 14.0. The molecule has 0 unspecified atom stereocenters. The van der Waals surface area contributed by atoms with Crippen LogP contribution in [0.1, 0.15) is 12.6 Å². The molecule has 3 aromatic heterocycles. The minimum Gasteiger partial charge on any atom is -0.380 e. The van der Waals surface area contributed by atoms with Gasteiger partial charge in [-0.15, -0.1) is 0 Å². The van der Waals surface area contributed by atoms with Gasteiger partial charge >= 0.3 is 0 Å². The summed E-state index contributed by atoms with van der Waals surface area (Å²) in [5, 5.41) is 6.36. The second-order valence-electron chi connectivity index (χ2n) is 5.27. The SMILES string of the molecule is CCOCCNc1nc(NC)nc2ccn(Cc3ccccn3)c12. The number of rotatable bonds is 8. The van der Waals surface area contributed by atoms with E-state index in [4.69, 9.17) is 4.74 Å². The maximum atomic E-state index is 5.39. The smallest absolute Gasteiger partial charge is 0.225 e. The maximum absolute atomic E-state index is 5.39. The summed E-state index contributed by atoms with van der Waals surface area (Å²) in [5.41, 5.74) is 2.85. The Morgan fingerprint density at radius 3 is 2.88 bits per heavy atom. The Bertz CT molecular complexity index is 786. The average Bonchev–Trinajstić information content (AvgIpc) is 3.02. The fraction of sp³-hybridized carbons (Fsp3) is 0.353. The normalized spacial score (nSPS) is 10.9. The van der Waals surface area contributed by atoms with Crippen LogP contribution in [0, 0.1) is 0 Å². The third-order valence-corrected chi connectivity index (χ3v) is 3.64. The number of hydrogen-bond acceptors (Lipinski definition) is 6. The summed E-state index contributed by atoms with van der Waals surface area (Å²) < 4.78 is 7.50. The van der Waals surface area contributed by atoms with Gasteiger partial charge in [-0.1, -0.05) is 6.07 Å². The number of ether oxygens (including phenoxy) is 1. The molecule has 0 amide bonds. The minimum absolute atomic E-state index is 0.594. The quantitative estimate of drug-likeness (QED) is 0.619. The summed E-state index contributed by atoms with van der Waals surface area (Å²) >= 11 is 0. The molecule has 3 rings (SSSR count). The van der Waals surface area contributed by atoms with Gasteiger partial charge in [0.15, 0.2) is 5.82 Å². The van der Waals surface area contributed by atoms with E-state index in [0.29, 0.717) is 32.3 Å². The molecule has 0 aliphatic carbocycles. The third-order valence-electron chi connectivity index (χ3n) is 3.64. The Labute approximate surface area is 141 Å². The maximum Gasteiger partial charge on any atom is 0.225 e. The highest BCUT2D eigenvalue weighted by Crippen LogP contribution is 2.24. The second kappa shape index (κ2) is 7.74. The van der Waals surface area contributed by atoms with Gasteiger partial charge in [0.25, 0.3) is 0 Å². The molecule has 0 aromatic carbocycles. The van der Waals surface area contributed by atoms with Crippen LogP contribution in [0.15, 0.2) is 36.7 Å². The monoisotopic (exact) mass is 326 g/mol. The molecule has 0 radical (unpaired) electrons. The standard InChI is InChI=1S/C17H22N6O/c1-3-24-11-9-20-16-15-14(21-17(18-2)22-16)7-10-23(15)12-13-6-4-5-8-19-13/h4-8,10H,3,9,11-12H2,1-2H3,(H2,18,20,21,22). The summed E-state index contributed by atoms with van der Waals surface area (Å²) in [6, 6.07) is 7.91. The zero-order chi connectivity index (χ0) is 16.8. The van der Waals surface area contributed by atoms with Crippen LogP contribution in [0.4, 0.5) is 11.8 Å². The summed E-state index contributed by atoms with van der Waals surface area (Å²) in [6.07, 6.45) is 3.82. The van der Waals surface area contributed by atoms with Gasteiger partial charge in [0.05, 0.1) is 24.4 Å². The van der Waals surface area contributed by atoms with Crippen molar-refractivity contribution in [2.45, 2.75) is 13.5 Å². The number of anilines is 2. The van der Waals surface area contributed by atoms with E-state index in [1.165, 1.54) is 0 Å². The highest BCUT2D eigenvalue weighted by molar-refractivity contribution is 5.87. The Morgan fingerprint density at radius 1 is 1.21 bits per heavy atom. The van der Waals surface area contributed by atoms with E-state index in [-0.39, 0.29) is 0 Å². The molecule has 2 N–H and O–H groups in total. The predicted molar refractivity (Wildman–Crippen MR) is 95.4 cm³/mol. The third kappa shape index (κ3) is 3.62. The highest BCUT2D eigenvalue weighted by atomic mass is 16.5. The van der Waals surface area contributed by atoms with Crippen molar-refractivity contribution in [1.82, 2.24) is 19.5 Å². The van der Waals surface area contributed by atoms with E-state index in [9.17, 15) is 0 Å². The molecule has 0 spiro atoms. The Hall–Kier alpha value is -2.67. The van der Waals surface area contributed by atoms with Gasteiger partial charge in [-0.2, -0.15) is 4.98 Å². The van der Waals surface area contributed by atoms with Crippen LogP contribution in [0.3, 0.4) is 0 Å². The summed E-state index contributed by atoms with van der Waals surface area (Å²) in [7, 11) is 1.82. The van der Waals surface area contributed by atoms with Crippen LogP contribution in [-0.2, 0) is 11.3 Å². The van der Waals surface area contributed by atoms with Gasteiger partial charge in [0, 0.05) is 32.6 Å². The molecule has 3 heterocycles. The van der Waals surface area contributed by atoms with Crippen LogP contribution < -0.4 is 10.6 Å². The number of fused-ring (bicyclic) bond motifs is 1. The molecule has 7 nitrogen and oxygen atoms in total. The first-order valence-electron chi connectivity index (χ1n) is 8.08. The van der Waals surface area contributed by atoms with E-state index in [0.717, 1.165) is 22.5 Å². The van der Waals surface area contributed by atoms with Gasteiger partial charge < -0.3 is 19.9 Å². The second-order valence-corrected chi connectivity index (χ2v) is 5.27. The molecule has 0 bridgehead atoms. The Morgan fingerprint density at radius 2 is 2.12 bits per heavy atom. The van der Waals surface area contributed by atoms with Gasteiger partial charge in [-0.3, -0.25) is 4.98 Å². The first-order chi connectivity index (χ1) is 11.8. The van der Waals surface area contributed by atoms with Crippen molar-refractivity contribution < 1.29 is 4.74 Å². The summed E-state index contributed by atoms with van der Waals surface area (Å²) in [4.78, 5) is 13.5. The zero-order valence-electron chi connectivity index (χ0n) is 14.0. The molecule has 0 atom stereocenters. The molecule has 0 saturated carbocycles. The number of nitrogens with one attached hydrogen (secondary N) is 2. The predicted octanol–water partition coefficient (Wildman–Crippen LogP) is 2.36. The van der Waals surface area contributed by atoms with Crippen LogP contribution >= 0.6 is 0 Å². The summed E-state index contributed by atoms with van der Waals surface area (Å²) in [6.45, 7) is 4.70.